The van der Waals surface area contributed by atoms with Gasteiger partial charge in [0.1, 0.15) is 0 Å². The number of halogens is 1. The molecule has 2 amide bonds. The first-order chi connectivity index (χ1) is 9.13. The minimum absolute atomic E-state index is 0.276. The molecular formula is C12H14ClN5O. The van der Waals surface area contributed by atoms with Crippen molar-refractivity contribution in [3.63, 3.8) is 0 Å². The van der Waals surface area contributed by atoms with Crippen molar-refractivity contribution in [3.8, 4) is 0 Å². The maximum Gasteiger partial charge on any atom is 0.319 e. The fraction of sp³-hybridized carbons (Fsp3) is 0.167. The second kappa shape index (κ2) is 6.10. The van der Waals surface area contributed by atoms with Crippen molar-refractivity contribution in [2.24, 2.45) is 0 Å². The number of rotatable bonds is 4. The first kappa shape index (κ1) is 13.2. The average molecular weight is 280 g/mol. The summed E-state index contributed by atoms with van der Waals surface area (Å²) < 4.78 is 1.66. The predicted octanol–water partition coefficient (Wildman–Crippen LogP) is 1.94. The molecule has 4 N–H and O–H groups in total. The van der Waals surface area contributed by atoms with Gasteiger partial charge in [-0.1, -0.05) is 11.6 Å². The van der Waals surface area contributed by atoms with E-state index in [1.165, 1.54) is 0 Å². The van der Waals surface area contributed by atoms with E-state index in [9.17, 15) is 4.79 Å². The van der Waals surface area contributed by atoms with Crippen LogP contribution in [0.5, 0.6) is 0 Å². The Morgan fingerprint density at radius 1 is 1.37 bits per heavy atom. The monoisotopic (exact) mass is 279 g/mol. The lowest BCUT2D eigenvalue weighted by Crippen LogP contribution is -2.31. The second-order valence-corrected chi connectivity index (χ2v) is 4.36. The lowest BCUT2D eigenvalue weighted by Gasteiger charge is -2.07. The zero-order chi connectivity index (χ0) is 13.7. The number of carbonyl (C=O) groups is 1. The van der Waals surface area contributed by atoms with E-state index >= 15 is 0 Å². The molecule has 2 aromatic rings. The van der Waals surface area contributed by atoms with E-state index in [4.69, 9.17) is 17.3 Å². The number of urea groups is 1. The van der Waals surface area contributed by atoms with Crippen LogP contribution in [0.4, 0.5) is 16.2 Å². The molecule has 0 unspecified atom stereocenters. The highest BCUT2D eigenvalue weighted by molar-refractivity contribution is 6.30. The molecule has 19 heavy (non-hydrogen) atoms. The van der Waals surface area contributed by atoms with E-state index in [0.29, 0.717) is 29.5 Å². The zero-order valence-corrected chi connectivity index (χ0v) is 10.9. The Labute approximate surface area is 115 Å². The molecule has 1 aromatic heterocycles. The molecule has 0 fully saturated rings. The third-order valence-electron chi connectivity index (χ3n) is 2.38. The van der Waals surface area contributed by atoms with Gasteiger partial charge >= 0.3 is 6.03 Å². The van der Waals surface area contributed by atoms with Gasteiger partial charge in [-0.25, -0.2) is 4.79 Å². The van der Waals surface area contributed by atoms with Crippen molar-refractivity contribution in [1.29, 1.82) is 0 Å². The standard InChI is InChI=1S/C12H14ClN5O/c13-9-1-3-11(4-2-9)17-12(19)15-5-6-18-8-10(14)7-16-18/h1-4,7-8H,5-6,14H2,(H2,15,17,19). The summed E-state index contributed by atoms with van der Waals surface area (Å²) in [6.45, 7) is 1.02. The number of hydrogen-bond donors (Lipinski definition) is 3. The van der Waals surface area contributed by atoms with Crippen molar-refractivity contribution >= 4 is 29.0 Å². The number of anilines is 2. The number of benzene rings is 1. The Morgan fingerprint density at radius 2 is 2.11 bits per heavy atom. The molecule has 2 rings (SSSR count). The third kappa shape index (κ3) is 4.18. The smallest absolute Gasteiger partial charge is 0.319 e. The second-order valence-electron chi connectivity index (χ2n) is 3.92. The molecule has 7 heteroatoms. The van der Waals surface area contributed by atoms with Gasteiger partial charge in [0.2, 0.25) is 0 Å². The molecule has 1 aromatic carbocycles. The maximum absolute atomic E-state index is 11.6. The van der Waals surface area contributed by atoms with Gasteiger partial charge in [0.15, 0.2) is 0 Å². The highest BCUT2D eigenvalue weighted by Gasteiger charge is 2.01. The Balaban J connectivity index is 1.74. The van der Waals surface area contributed by atoms with Gasteiger partial charge in [-0.15, -0.1) is 0 Å². The van der Waals surface area contributed by atoms with Crippen LogP contribution < -0.4 is 16.4 Å². The van der Waals surface area contributed by atoms with Crippen molar-refractivity contribution < 1.29 is 4.79 Å². The van der Waals surface area contributed by atoms with E-state index in [1.54, 1.807) is 41.3 Å². The summed E-state index contributed by atoms with van der Waals surface area (Å²) in [6.07, 6.45) is 3.27. The van der Waals surface area contributed by atoms with E-state index in [1.807, 2.05) is 0 Å². The Bertz CT molecular complexity index is 552. The van der Waals surface area contributed by atoms with Crippen molar-refractivity contribution in [2.75, 3.05) is 17.6 Å². The summed E-state index contributed by atoms with van der Waals surface area (Å²) >= 11 is 5.75. The summed E-state index contributed by atoms with van der Waals surface area (Å²) in [4.78, 5) is 11.6. The Kier molecular flexibility index (Phi) is 4.25. The minimum atomic E-state index is -0.276. The molecule has 0 radical (unpaired) electrons. The van der Waals surface area contributed by atoms with Gasteiger partial charge in [-0.2, -0.15) is 5.10 Å². The van der Waals surface area contributed by atoms with Crippen LogP contribution in [0.1, 0.15) is 0 Å². The average Bonchev–Trinajstić information content (AvgIpc) is 2.78. The quantitative estimate of drug-likeness (QED) is 0.799. The normalized spacial score (nSPS) is 10.2. The SMILES string of the molecule is Nc1cnn(CCNC(=O)Nc2ccc(Cl)cc2)c1. The van der Waals surface area contributed by atoms with Crippen LogP contribution in [0.2, 0.25) is 5.02 Å². The first-order valence-corrected chi connectivity index (χ1v) is 6.09. The number of carbonyl (C=O) groups excluding carboxylic acids is 1. The van der Waals surface area contributed by atoms with Crippen LogP contribution in [0.3, 0.4) is 0 Å². The van der Waals surface area contributed by atoms with E-state index in [-0.39, 0.29) is 6.03 Å². The highest BCUT2D eigenvalue weighted by Crippen LogP contribution is 2.12. The number of nitrogen functional groups attached to an aromatic ring is 1. The summed E-state index contributed by atoms with van der Waals surface area (Å²) in [5.74, 6) is 0. The molecule has 0 saturated carbocycles. The molecule has 0 saturated heterocycles. The van der Waals surface area contributed by atoms with Crippen LogP contribution in [0, 0.1) is 0 Å². The number of nitrogens with two attached hydrogens (primary N) is 1. The fourth-order valence-corrected chi connectivity index (χ4v) is 1.62. The van der Waals surface area contributed by atoms with E-state index in [2.05, 4.69) is 15.7 Å². The summed E-state index contributed by atoms with van der Waals surface area (Å²) in [5, 5.41) is 10.1. The molecule has 0 bridgehead atoms. The molecule has 0 aliphatic rings. The summed E-state index contributed by atoms with van der Waals surface area (Å²) in [6, 6.07) is 6.61. The molecule has 1 heterocycles. The Hall–Kier alpha value is -2.21. The van der Waals surface area contributed by atoms with Gasteiger partial charge in [0.25, 0.3) is 0 Å². The summed E-state index contributed by atoms with van der Waals surface area (Å²) in [7, 11) is 0. The van der Waals surface area contributed by atoms with Gasteiger partial charge in [0, 0.05) is 23.5 Å². The van der Waals surface area contributed by atoms with Crippen LogP contribution in [0.25, 0.3) is 0 Å². The largest absolute Gasteiger partial charge is 0.396 e. The lowest BCUT2D eigenvalue weighted by molar-refractivity contribution is 0.251. The van der Waals surface area contributed by atoms with Gasteiger partial charge < -0.3 is 16.4 Å². The first-order valence-electron chi connectivity index (χ1n) is 5.72. The zero-order valence-electron chi connectivity index (χ0n) is 10.1. The number of aromatic nitrogens is 2. The molecule has 0 aliphatic carbocycles. The predicted molar refractivity (Wildman–Crippen MR) is 75.1 cm³/mol. The van der Waals surface area contributed by atoms with Crippen molar-refractivity contribution in [2.45, 2.75) is 6.54 Å². The molecule has 100 valence electrons. The highest BCUT2D eigenvalue weighted by atomic mass is 35.5. The van der Waals surface area contributed by atoms with E-state index in [0.717, 1.165) is 0 Å². The number of nitrogens with one attached hydrogen (secondary N) is 2. The van der Waals surface area contributed by atoms with Crippen molar-refractivity contribution in [3.05, 3.63) is 41.7 Å². The number of nitrogens with zero attached hydrogens (tertiary/aromatic N) is 2. The van der Waals surface area contributed by atoms with Gasteiger partial charge in [-0.05, 0) is 24.3 Å². The Morgan fingerprint density at radius 3 is 2.74 bits per heavy atom. The molecular weight excluding hydrogens is 266 g/mol. The van der Waals surface area contributed by atoms with Crippen molar-refractivity contribution in [1.82, 2.24) is 15.1 Å². The molecule has 0 spiro atoms. The fourth-order valence-electron chi connectivity index (χ4n) is 1.49. The lowest BCUT2D eigenvalue weighted by atomic mass is 10.3. The van der Waals surface area contributed by atoms with Gasteiger partial charge in [0.05, 0.1) is 18.4 Å². The number of hydrogen-bond acceptors (Lipinski definition) is 3. The minimum Gasteiger partial charge on any atom is -0.396 e. The maximum atomic E-state index is 11.6. The number of amides is 2. The van der Waals surface area contributed by atoms with E-state index < -0.39 is 0 Å². The van der Waals surface area contributed by atoms with Crippen LogP contribution in [-0.4, -0.2) is 22.4 Å². The molecule has 6 nitrogen and oxygen atoms in total. The van der Waals surface area contributed by atoms with Crippen LogP contribution in [0.15, 0.2) is 36.7 Å². The summed E-state index contributed by atoms with van der Waals surface area (Å²) in [5.41, 5.74) is 6.82. The van der Waals surface area contributed by atoms with Crippen LogP contribution in [-0.2, 0) is 6.54 Å². The van der Waals surface area contributed by atoms with Crippen LogP contribution >= 0.6 is 11.6 Å². The molecule has 0 aliphatic heterocycles. The molecule has 0 atom stereocenters. The third-order valence-corrected chi connectivity index (χ3v) is 2.63. The topological polar surface area (TPSA) is 85.0 Å². The van der Waals surface area contributed by atoms with Gasteiger partial charge in [-0.3, -0.25) is 4.68 Å².